The van der Waals surface area contributed by atoms with Gasteiger partial charge in [0.25, 0.3) is 5.91 Å². The number of hydrogen-bond donors (Lipinski definition) is 1. The fourth-order valence-corrected chi connectivity index (χ4v) is 1.78. The summed E-state index contributed by atoms with van der Waals surface area (Å²) in [6.45, 7) is 0.765. The van der Waals surface area contributed by atoms with Gasteiger partial charge in [-0.25, -0.2) is 4.39 Å². The molecule has 1 aliphatic rings. The second-order valence-electron chi connectivity index (χ2n) is 4.21. The first kappa shape index (κ1) is 12.3. The Balaban J connectivity index is 2.19. The molecule has 1 aliphatic heterocycles. The monoisotopic (exact) mass is 252 g/mol. The van der Waals surface area contributed by atoms with E-state index in [0.717, 1.165) is 6.07 Å². The molecule has 5 nitrogen and oxygen atoms in total. The Morgan fingerprint density at radius 3 is 2.72 bits per heavy atom. The molecule has 0 spiro atoms. The molecule has 2 amide bonds. The fraction of sp³-hybridized carbons (Fsp3) is 0.333. The lowest BCUT2D eigenvalue weighted by Gasteiger charge is -2.32. The lowest BCUT2D eigenvalue weighted by atomic mass is 10.1. The number of amides is 2. The Morgan fingerprint density at radius 2 is 2.11 bits per heavy atom. The maximum Gasteiger partial charge on any atom is 0.257 e. The zero-order valence-corrected chi connectivity index (χ0v) is 9.89. The second-order valence-corrected chi connectivity index (χ2v) is 4.21. The molecule has 6 heteroatoms. The number of phenols is 1. The smallest absolute Gasteiger partial charge is 0.257 e. The molecule has 1 fully saturated rings. The van der Waals surface area contributed by atoms with E-state index < -0.39 is 11.7 Å². The highest BCUT2D eigenvalue weighted by Crippen LogP contribution is 2.17. The first-order valence-electron chi connectivity index (χ1n) is 5.51. The van der Waals surface area contributed by atoms with Crippen molar-refractivity contribution in [2.24, 2.45) is 0 Å². The largest absolute Gasteiger partial charge is 0.508 e. The molecule has 96 valence electrons. The minimum atomic E-state index is -0.786. The third-order valence-electron chi connectivity index (χ3n) is 2.93. The Bertz CT molecular complexity index is 504. The Kier molecular flexibility index (Phi) is 3.18. The topological polar surface area (TPSA) is 60.9 Å². The van der Waals surface area contributed by atoms with Crippen molar-refractivity contribution >= 4 is 11.8 Å². The predicted molar refractivity (Wildman–Crippen MR) is 61.6 cm³/mol. The molecule has 1 N–H and O–H groups in total. The van der Waals surface area contributed by atoms with Gasteiger partial charge in [-0.15, -0.1) is 0 Å². The van der Waals surface area contributed by atoms with Crippen LogP contribution in [0, 0.1) is 5.82 Å². The number of carbonyl (C=O) groups excluding carboxylic acids is 2. The Labute approximate surface area is 103 Å². The van der Waals surface area contributed by atoms with E-state index in [1.807, 2.05) is 0 Å². The first-order valence-corrected chi connectivity index (χ1v) is 5.51. The number of benzene rings is 1. The highest BCUT2D eigenvalue weighted by atomic mass is 19.1. The molecule has 0 radical (unpaired) electrons. The maximum absolute atomic E-state index is 13.5. The molecule has 1 aromatic rings. The maximum atomic E-state index is 13.5. The van der Waals surface area contributed by atoms with Crippen LogP contribution in [-0.2, 0) is 4.79 Å². The molecule has 1 aromatic carbocycles. The summed E-state index contributed by atoms with van der Waals surface area (Å²) in [5.74, 6) is -1.73. The number of carbonyl (C=O) groups is 2. The van der Waals surface area contributed by atoms with E-state index in [9.17, 15) is 14.0 Å². The van der Waals surface area contributed by atoms with Crippen molar-refractivity contribution in [3.05, 3.63) is 29.6 Å². The molecule has 1 heterocycles. The molecule has 0 aliphatic carbocycles. The van der Waals surface area contributed by atoms with Crippen molar-refractivity contribution < 1.29 is 19.1 Å². The normalized spacial score (nSPS) is 16.0. The SMILES string of the molecule is CN1CCN(C(=O)c2ccc(O)cc2F)CC1=O. The van der Waals surface area contributed by atoms with E-state index in [1.165, 1.54) is 21.9 Å². The number of halogens is 1. The minimum Gasteiger partial charge on any atom is -0.508 e. The standard InChI is InChI=1S/C12H13FN2O3/c1-14-4-5-15(7-11(14)17)12(18)9-3-2-8(16)6-10(9)13/h2-3,6,16H,4-5,7H2,1H3. The number of hydrogen-bond acceptors (Lipinski definition) is 3. The van der Waals surface area contributed by atoms with Crippen LogP contribution in [0.15, 0.2) is 18.2 Å². The van der Waals surface area contributed by atoms with Gasteiger partial charge in [-0.2, -0.15) is 0 Å². The van der Waals surface area contributed by atoms with Crippen molar-refractivity contribution in [2.75, 3.05) is 26.7 Å². The van der Waals surface area contributed by atoms with Gasteiger partial charge in [-0.3, -0.25) is 9.59 Å². The van der Waals surface area contributed by atoms with Gasteiger partial charge in [0.15, 0.2) is 0 Å². The number of piperazine rings is 1. The van der Waals surface area contributed by atoms with Crippen LogP contribution in [0.3, 0.4) is 0 Å². The number of nitrogens with zero attached hydrogens (tertiary/aromatic N) is 2. The van der Waals surface area contributed by atoms with E-state index in [2.05, 4.69) is 0 Å². The lowest BCUT2D eigenvalue weighted by Crippen LogP contribution is -2.50. The second kappa shape index (κ2) is 4.64. The van der Waals surface area contributed by atoms with Crippen molar-refractivity contribution in [3.8, 4) is 5.75 Å². The fourth-order valence-electron chi connectivity index (χ4n) is 1.78. The predicted octanol–water partition coefficient (Wildman–Crippen LogP) is 0.446. The zero-order chi connectivity index (χ0) is 13.3. The van der Waals surface area contributed by atoms with Crippen molar-refractivity contribution in [1.82, 2.24) is 9.80 Å². The molecule has 0 aromatic heterocycles. The lowest BCUT2D eigenvalue weighted by molar-refractivity contribution is -0.133. The van der Waals surface area contributed by atoms with E-state index in [1.54, 1.807) is 7.05 Å². The van der Waals surface area contributed by atoms with E-state index in [-0.39, 0.29) is 23.8 Å². The molecule has 0 unspecified atom stereocenters. The van der Waals surface area contributed by atoms with Crippen molar-refractivity contribution in [2.45, 2.75) is 0 Å². The summed E-state index contributed by atoms with van der Waals surface area (Å²) in [5.41, 5.74) is -0.134. The number of aromatic hydroxyl groups is 1. The number of likely N-dealkylation sites (N-methyl/N-ethyl adjacent to an activating group) is 1. The highest BCUT2D eigenvalue weighted by Gasteiger charge is 2.27. The third-order valence-corrected chi connectivity index (χ3v) is 2.93. The summed E-state index contributed by atoms with van der Waals surface area (Å²) in [6, 6.07) is 3.34. The number of phenolic OH excluding ortho intramolecular Hbond substituents is 1. The van der Waals surface area contributed by atoms with Gasteiger partial charge >= 0.3 is 0 Å². The molecular formula is C12H13FN2O3. The van der Waals surface area contributed by atoms with Crippen LogP contribution < -0.4 is 0 Å². The van der Waals surface area contributed by atoms with E-state index in [0.29, 0.717) is 13.1 Å². The van der Waals surface area contributed by atoms with Crippen LogP contribution >= 0.6 is 0 Å². The summed E-state index contributed by atoms with van der Waals surface area (Å²) in [4.78, 5) is 26.3. The quantitative estimate of drug-likeness (QED) is 0.789. The van der Waals surface area contributed by atoms with Crippen LogP contribution in [-0.4, -0.2) is 53.4 Å². The van der Waals surface area contributed by atoms with Gasteiger partial charge in [-0.1, -0.05) is 0 Å². The van der Waals surface area contributed by atoms with Gasteiger partial charge in [0, 0.05) is 26.2 Å². The molecule has 0 atom stereocenters. The van der Waals surface area contributed by atoms with E-state index >= 15 is 0 Å². The molecule has 2 rings (SSSR count). The van der Waals surface area contributed by atoms with Gasteiger partial charge in [0.05, 0.1) is 5.56 Å². The molecule has 18 heavy (non-hydrogen) atoms. The van der Waals surface area contributed by atoms with Crippen LogP contribution in [0.4, 0.5) is 4.39 Å². The summed E-state index contributed by atoms with van der Waals surface area (Å²) in [7, 11) is 1.66. The van der Waals surface area contributed by atoms with Gasteiger partial charge < -0.3 is 14.9 Å². The Hall–Kier alpha value is -2.11. The number of rotatable bonds is 1. The summed E-state index contributed by atoms with van der Waals surface area (Å²) >= 11 is 0. The van der Waals surface area contributed by atoms with Crippen LogP contribution in [0.5, 0.6) is 5.75 Å². The van der Waals surface area contributed by atoms with Crippen molar-refractivity contribution in [3.63, 3.8) is 0 Å². The summed E-state index contributed by atoms with van der Waals surface area (Å²) in [6.07, 6.45) is 0. The third kappa shape index (κ3) is 2.27. The molecule has 1 saturated heterocycles. The van der Waals surface area contributed by atoms with Crippen LogP contribution in [0.2, 0.25) is 0 Å². The van der Waals surface area contributed by atoms with Crippen LogP contribution in [0.25, 0.3) is 0 Å². The van der Waals surface area contributed by atoms with Crippen molar-refractivity contribution in [1.29, 1.82) is 0 Å². The molecule has 0 bridgehead atoms. The summed E-state index contributed by atoms with van der Waals surface area (Å²) in [5, 5.41) is 9.08. The minimum absolute atomic E-state index is 0.0460. The average Bonchev–Trinajstić information content (AvgIpc) is 2.32. The van der Waals surface area contributed by atoms with Gasteiger partial charge in [-0.05, 0) is 12.1 Å². The average molecular weight is 252 g/mol. The first-order chi connectivity index (χ1) is 8.49. The Morgan fingerprint density at radius 1 is 1.39 bits per heavy atom. The molecule has 0 saturated carbocycles. The summed E-state index contributed by atoms with van der Waals surface area (Å²) < 4.78 is 13.5. The van der Waals surface area contributed by atoms with Gasteiger partial charge in [0.1, 0.15) is 18.1 Å². The highest BCUT2D eigenvalue weighted by molar-refractivity contribution is 5.97. The van der Waals surface area contributed by atoms with Gasteiger partial charge in [0.2, 0.25) is 5.91 Å². The molecular weight excluding hydrogens is 239 g/mol. The zero-order valence-electron chi connectivity index (χ0n) is 9.89. The van der Waals surface area contributed by atoms with Crippen LogP contribution in [0.1, 0.15) is 10.4 Å². The van der Waals surface area contributed by atoms with E-state index in [4.69, 9.17) is 5.11 Å².